The quantitative estimate of drug-likeness (QED) is 0.666. The molecule has 4 rings (SSSR count). The van der Waals surface area contributed by atoms with Crippen LogP contribution in [0.5, 0.6) is 5.75 Å². The van der Waals surface area contributed by atoms with E-state index in [4.69, 9.17) is 0 Å². The number of nitrogens with zero attached hydrogens (tertiary/aromatic N) is 2. The highest BCUT2D eigenvalue weighted by Gasteiger charge is 2.17. The summed E-state index contributed by atoms with van der Waals surface area (Å²) in [7, 11) is 0. The average molecular weight is 348 g/mol. The highest BCUT2D eigenvalue weighted by Crippen LogP contribution is 2.24. The molecule has 0 unspecified atom stereocenters. The first-order valence-corrected chi connectivity index (χ1v) is 8.81. The Bertz CT molecular complexity index is 934. The van der Waals surface area contributed by atoms with Gasteiger partial charge >= 0.3 is 6.03 Å². The van der Waals surface area contributed by atoms with Crippen LogP contribution in [0.4, 0.5) is 10.6 Å². The minimum absolute atomic E-state index is 0.216. The number of fused-ring (bicyclic) bond motifs is 1. The molecule has 0 aliphatic heterocycles. The average Bonchev–Trinajstić information content (AvgIpc) is 3.14. The van der Waals surface area contributed by atoms with Gasteiger partial charge in [0.25, 0.3) is 0 Å². The number of urea groups is 1. The largest absolute Gasteiger partial charge is 0.508 e. The minimum atomic E-state index is -0.216. The number of hydrogen-bond donors (Lipinski definition) is 3. The number of aromatic nitrogens is 2. The number of anilines is 1. The molecule has 6 heteroatoms. The number of phenolic OH excluding ortho intramolecular Hbond substituents is 1. The Morgan fingerprint density at radius 3 is 2.54 bits per heavy atom. The molecule has 1 aliphatic carbocycles. The zero-order valence-corrected chi connectivity index (χ0v) is 14.3. The summed E-state index contributed by atoms with van der Waals surface area (Å²) in [6, 6.07) is 12.5. The number of carbonyl (C=O) groups excluding carboxylic acids is 1. The van der Waals surface area contributed by atoms with Gasteiger partial charge in [-0.3, -0.25) is 10.3 Å². The molecule has 2 aromatic heterocycles. The van der Waals surface area contributed by atoms with Crippen molar-refractivity contribution in [3.8, 4) is 16.9 Å². The van der Waals surface area contributed by atoms with Gasteiger partial charge in [-0.25, -0.2) is 9.78 Å². The third kappa shape index (κ3) is 3.59. The molecule has 1 fully saturated rings. The molecule has 2 heterocycles. The molecule has 1 aliphatic rings. The fourth-order valence-electron chi connectivity index (χ4n) is 3.30. The van der Waals surface area contributed by atoms with Crippen LogP contribution in [-0.2, 0) is 0 Å². The summed E-state index contributed by atoms with van der Waals surface area (Å²) in [6.07, 6.45) is 6.20. The number of amides is 2. The smallest absolute Gasteiger partial charge is 0.320 e. The van der Waals surface area contributed by atoms with Crippen molar-refractivity contribution in [2.75, 3.05) is 5.32 Å². The van der Waals surface area contributed by atoms with Crippen LogP contribution < -0.4 is 10.6 Å². The highest BCUT2D eigenvalue weighted by atomic mass is 16.3. The zero-order valence-electron chi connectivity index (χ0n) is 14.3. The van der Waals surface area contributed by atoms with E-state index in [1.54, 1.807) is 24.4 Å². The second-order valence-electron chi connectivity index (χ2n) is 6.59. The molecule has 1 aromatic carbocycles. The summed E-state index contributed by atoms with van der Waals surface area (Å²) in [6.45, 7) is 0. The van der Waals surface area contributed by atoms with Gasteiger partial charge in [0.15, 0.2) is 0 Å². The maximum Gasteiger partial charge on any atom is 0.320 e. The van der Waals surface area contributed by atoms with E-state index in [0.717, 1.165) is 29.5 Å². The van der Waals surface area contributed by atoms with E-state index in [9.17, 15) is 9.90 Å². The Labute approximate surface area is 151 Å². The van der Waals surface area contributed by atoms with Crippen LogP contribution in [0.15, 0.2) is 48.7 Å². The van der Waals surface area contributed by atoms with Crippen LogP contribution in [0.2, 0.25) is 0 Å². The second-order valence-corrected chi connectivity index (χ2v) is 6.59. The van der Waals surface area contributed by atoms with Gasteiger partial charge in [-0.1, -0.05) is 25.0 Å². The summed E-state index contributed by atoms with van der Waals surface area (Å²) >= 11 is 0. The number of benzene rings is 1. The lowest BCUT2D eigenvalue weighted by Crippen LogP contribution is -2.36. The number of phenols is 1. The molecule has 2 amide bonds. The number of pyridine rings is 2. The summed E-state index contributed by atoms with van der Waals surface area (Å²) in [4.78, 5) is 21.1. The Kier molecular flexibility index (Phi) is 4.39. The number of rotatable bonds is 3. The Morgan fingerprint density at radius 1 is 1.00 bits per heavy atom. The standard InChI is InChI=1S/C20H20N4O2/c25-16-7-5-13(6-8-16)14-11-18-17(21-12-14)9-10-19(23-18)24-20(26)22-15-3-1-2-4-15/h5-12,15,25H,1-4H2,(H2,22,23,24,26). The van der Waals surface area contributed by atoms with E-state index in [-0.39, 0.29) is 17.8 Å². The van der Waals surface area contributed by atoms with Crippen molar-refractivity contribution in [2.45, 2.75) is 31.7 Å². The van der Waals surface area contributed by atoms with Crippen molar-refractivity contribution in [1.82, 2.24) is 15.3 Å². The zero-order chi connectivity index (χ0) is 17.9. The van der Waals surface area contributed by atoms with Gasteiger partial charge in [0.1, 0.15) is 11.6 Å². The predicted molar refractivity (Wildman–Crippen MR) is 101 cm³/mol. The molecule has 0 radical (unpaired) electrons. The van der Waals surface area contributed by atoms with Crippen molar-refractivity contribution < 1.29 is 9.90 Å². The number of hydrogen-bond acceptors (Lipinski definition) is 4. The highest BCUT2D eigenvalue weighted by molar-refractivity contribution is 5.90. The van der Waals surface area contributed by atoms with Crippen LogP contribution in [0, 0.1) is 0 Å². The lowest BCUT2D eigenvalue weighted by atomic mass is 10.1. The van der Waals surface area contributed by atoms with Crippen molar-refractivity contribution in [2.24, 2.45) is 0 Å². The van der Waals surface area contributed by atoms with E-state index in [1.807, 2.05) is 24.3 Å². The number of nitrogens with one attached hydrogen (secondary N) is 2. The summed E-state index contributed by atoms with van der Waals surface area (Å²) in [5, 5.41) is 15.2. The fourth-order valence-corrected chi connectivity index (χ4v) is 3.30. The monoisotopic (exact) mass is 348 g/mol. The van der Waals surface area contributed by atoms with Crippen LogP contribution in [0.3, 0.4) is 0 Å². The lowest BCUT2D eigenvalue weighted by molar-refractivity contribution is 0.248. The maximum atomic E-state index is 12.1. The molecule has 0 atom stereocenters. The maximum absolute atomic E-state index is 12.1. The van der Waals surface area contributed by atoms with Gasteiger partial charge in [0, 0.05) is 17.8 Å². The van der Waals surface area contributed by atoms with Gasteiger partial charge in [0.2, 0.25) is 0 Å². The Balaban J connectivity index is 1.55. The molecule has 6 nitrogen and oxygen atoms in total. The first kappa shape index (κ1) is 16.3. The van der Waals surface area contributed by atoms with Gasteiger partial charge in [-0.2, -0.15) is 0 Å². The van der Waals surface area contributed by atoms with Gasteiger partial charge in [-0.15, -0.1) is 0 Å². The van der Waals surface area contributed by atoms with E-state index in [2.05, 4.69) is 20.6 Å². The van der Waals surface area contributed by atoms with Crippen molar-refractivity contribution >= 4 is 22.9 Å². The minimum Gasteiger partial charge on any atom is -0.508 e. The third-order valence-corrected chi connectivity index (χ3v) is 4.67. The number of aromatic hydroxyl groups is 1. The van der Waals surface area contributed by atoms with Crippen LogP contribution in [-0.4, -0.2) is 27.1 Å². The van der Waals surface area contributed by atoms with Crippen molar-refractivity contribution in [3.63, 3.8) is 0 Å². The van der Waals surface area contributed by atoms with E-state index in [1.165, 1.54) is 12.8 Å². The van der Waals surface area contributed by atoms with Crippen molar-refractivity contribution in [1.29, 1.82) is 0 Å². The molecular formula is C20H20N4O2. The fraction of sp³-hybridized carbons (Fsp3) is 0.250. The topological polar surface area (TPSA) is 87.1 Å². The first-order chi connectivity index (χ1) is 12.7. The lowest BCUT2D eigenvalue weighted by Gasteiger charge is -2.12. The Hall–Kier alpha value is -3.15. The number of carbonyl (C=O) groups is 1. The van der Waals surface area contributed by atoms with E-state index in [0.29, 0.717) is 11.3 Å². The van der Waals surface area contributed by atoms with Crippen molar-refractivity contribution in [3.05, 3.63) is 48.7 Å². The predicted octanol–water partition coefficient (Wildman–Crippen LogP) is 4.07. The molecule has 132 valence electrons. The van der Waals surface area contributed by atoms with E-state index >= 15 is 0 Å². The molecule has 3 aromatic rings. The molecule has 0 saturated heterocycles. The Morgan fingerprint density at radius 2 is 1.77 bits per heavy atom. The van der Waals surface area contributed by atoms with Gasteiger partial charge < -0.3 is 10.4 Å². The van der Waals surface area contributed by atoms with Crippen LogP contribution in [0.25, 0.3) is 22.2 Å². The first-order valence-electron chi connectivity index (χ1n) is 8.81. The van der Waals surface area contributed by atoms with Gasteiger partial charge in [0.05, 0.1) is 11.0 Å². The SMILES string of the molecule is O=C(Nc1ccc2ncc(-c3ccc(O)cc3)cc2n1)NC1CCCC1. The molecule has 0 spiro atoms. The summed E-state index contributed by atoms with van der Waals surface area (Å²) in [5.74, 6) is 0.720. The normalized spacial score (nSPS) is 14.5. The molecule has 0 bridgehead atoms. The summed E-state index contributed by atoms with van der Waals surface area (Å²) in [5.41, 5.74) is 3.30. The second kappa shape index (κ2) is 7.00. The van der Waals surface area contributed by atoms with Crippen LogP contribution >= 0.6 is 0 Å². The van der Waals surface area contributed by atoms with Crippen LogP contribution in [0.1, 0.15) is 25.7 Å². The molecule has 26 heavy (non-hydrogen) atoms. The molecular weight excluding hydrogens is 328 g/mol. The third-order valence-electron chi connectivity index (χ3n) is 4.67. The molecule has 3 N–H and O–H groups in total. The van der Waals surface area contributed by atoms with Gasteiger partial charge in [-0.05, 0) is 48.7 Å². The van der Waals surface area contributed by atoms with E-state index < -0.39 is 0 Å². The summed E-state index contributed by atoms with van der Waals surface area (Å²) < 4.78 is 0. The molecule has 1 saturated carbocycles.